The van der Waals surface area contributed by atoms with E-state index in [0.717, 1.165) is 11.3 Å². The lowest BCUT2D eigenvalue weighted by molar-refractivity contribution is -0.128. The van der Waals surface area contributed by atoms with Gasteiger partial charge in [-0.25, -0.2) is 4.39 Å². The fourth-order valence-electron chi connectivity index (χ4n) is 1.98. The Kier molecular flexibility index (Phi) is 6.82. The summed E-state index contributed by atoms with van der Waals surface area (Å²) in [7, 11) is 0. The normalized spacial score (nSPS) is 11.5. The van der Waals surface area contributed by atoms with Gasteiger partial charge in [-0.2, -0.15) is 11.8 Å². The summed E-state index contributed by atoms with van der Waals surface area (Å²) < 4.78 is 18.2. The molecule has 0 spiro atoms. The maximum Gasteiger partial charge on any atom is 0.279 e. The lowest BCUT2D eigenvalue weighted by Crippen LogP contribution is -2.47. The third kappa shape index (κ3) is 5.79. The number of thioether (sulfide) groups is 1. The number of nitrogens with one attached hydrogen (secondary N) is 2. The summed E-state index contributed by atoms with van der Waals surface area (Å²) in [6.45, 7) is 1.53. The van der Waals surface area contributed by atoms with Crippen molar-refractivity contribution < 1.29 is 18.7 Å². The first-order valence-electron chi connectivity index (χ1n) is 7.60. The SMILES string of the molecule is CSCc1ccc(C(=O)NNC(=O)[C@H](C)Oc2ccc(F)cc2)cc1. The Morgan fingerprint density at radius 3 is 2.32 bits per heavy atom. The molecule has 0 aromatic heterocycles. The minimum absolute atomic E-state index is 0.361. The highest BCUT2D eigenvalue weighted by Crippen LogP contribution is 2.13. The average molecular weight is 362 g/mol. The topological polar surface area (TPSA) is 67.4 Å². The second-order valence-electron chi connectivity index (χ2n) is 5.29. The van der Waals surface area contributed by atoms with Crippen LogP contribution in [0.25, 0.3) is 0 Å². The van der Waals surface area contributed by atoms with Gasteiger partial charge >= 0.3 is 0 Å². The molecule has 0 bridgehead atoms. The Hall–Kier alpha value is -2.54. The Morgan fingerprint density at radius 1 is 1.08 bits per heavy atom. The molecule has 5 nitrogen and oxygen atoms in total. The Morgan fingerprint density at radius 2 is 1.72 bits per heavy atom. The van der Waals surface area contributed by atoms with Crippen LogP contribution in [0.2, 0.25) is 0 Å². The molecule has 0 saturated carbocycles. The summed E-state index contributed by atoms with van der Waals surface area (Å²) in [6.07, 6.45) is 1.15. The maximum absolute atomic E-state index is 12.8. The number of benzene rings is 2. The van der Waals surface area contributed by atoms with Crippen LogP contribution in [0.4, 0.5) is 4.39 Å². The van der Waals surface area contributed by atoms with Crippen LogP contribution in [0.1, 0.15) is 22.8 Å². The molecule has 1 atom stereocenters. The van der Waals surface area contributed by atoms with E-state index in [4.69, 9.17) is 4.74 Å². The van der Waals surface area contributed by atoms with Gasteiger partial charge in [0.25, 0.3) is 11.8 Å². The third-order valence-corrected chi connectivity index (χ3v) is 3.94. The lowest BCUT2D eigenvalue weighted by atomic mass is 10.1. The van der Waals surface area contributed by atoms with Gasteiger partial charge in [-0.15, -0.1) is 0 Å². The van der Waals surface area contributed by atoms with Crippen LogP contribution < -0.4 is 15.6 Å². The van der Waals surface area contributed by atoms with Crippen molar-refractivity contribution in [3.05, 3.63) is 65.5 Å². The highest BCUT2D eigenvalue weighted by molar-refractivity contribution is 7.97. The van der Waals surface area contributed by atoms with Gasteiger partial charge in [-0.05, 0) is 55.1 Å². The van der Waals surface area contributed by atoms with Gasteiger partial charge in [-0.3, -0.25) is 20.4 Å². The zero-order valence-corrected chi connectivity index (χ0v) is 14.7. The molecule has 2 aromatic rings. The number of amides is 2. The zero-order chi connectivity index (χ0) is 18.2. The molecule has 2 rings (SSSR count). The molecule has 7 heteroatoms. The van der Waals surface area contributed by atoms with E-state index in [1.807, 2.05) is 18.4 Å². The van der Waals surface area contributed by atoms with Crippen LogP contribution in [-0.2, 0) is 10.5 Å². The molecule has 2 amide bonds. The molecule has 0 unspecified atom stereocenters. The van der Waals surface area contributed by atoms with E-state index in [2.05, 4.69) is 10.9 Å². The van der Waals surface area contributed by atoms with Crippen molar-refractivity contribution >= 4 is 23.6 Å². The minimum Gasteiger partial charge on any atom is -0.481 e. The van der Waals surface area contributed by atoms with E-state index in [1.165, 1.54) is 31.2 Å². The summed E-state index contributed by atoms with van der Waals surface area (Å²) >= 11 is 1.70. The van der Waals surface area contributed by atoms with Gasteiger partial charge in [0, 0.05) is 11.3 Å². The molecule has 0 aliphatic carbocycles. The fraction of sp³-hybridized carbons (Fsp3) is 0.222. The second kappa shape index (κ2) is 9.08. The van der Waals surface area contributed by atoms with E-state index in [1.54, 1.807) is 23.9 Å². The van der Waals surface area contributed by atoms with E-state index in [9.17, 15) is 14.0 Å². The molecular weight excluding hydrogens is 343 g/mol. The number of hydrazine groups is 1. The summed E-state index contributed by atoms with van der Waals surface area (Å²) in [4.78, 5) is 24.0. The van der Waals surface area contributed by atoms with Crippen molar-refractivity contribution in [1.29, 1.82) is 0 Å². The number of carbonyl (C=O) groups is 2. The quantitative estimate of drug-likeness (QED) is 0.776. The molecule has 0 heterocycles. The maximum atomic E-state index is 12.8. The van der Waals surface area contributed by atoms with Crippen LogP contribution >= 0.6 is 11.8 Å². The number of ether oxygens (including phenoxy) is 1. The van der Waals surface area contributed by atoms with Crippen LogP contribution in [0.5, 0.6) is 5.75 Å². The monoisotopic (exact) mass is 362 g/mol. The van der Waals surface area contributed by atoms with E-state index in [0.29, 0.717) is 11.3 Å². The van der Waals surface area contributed by atoms with Gasteiger partial charge in [0.05, 0.1) is 0 Å². The van der Waals surface area contributed by atoms with Crippen molar-refractivity contribution in [1.82, 2.24) is 10.9 Å². The standard InChI is InChI=1S/C18H19FN2O3S/c1-12(24-16-9-7-15(19)8-10-16)17(22)20-21-18(23)14-5-3-13(4-6-14)11-25-2/h3-10,12H,11H2,1-2H3,(H,20,22)(H,21,23)/t12-/m0/s1. The smallest absolute Gasteiger partial charge is 0.279 e. The molecule has 132 valence electrons. The lowest BCUT2D eigenvalue weighted by Gasteiger charge is -2.15. The number of hydrogen-bond donors (Lipinski definition) is 2. The molecule has 0 saturated heterocycles. The highest BCUT2D eigenvalue weighted by Gasteiger charge is 2.16. The molecule has 0 fully saturated rings. The van der Waals surface area contributed by atoms with E-state index >= 15 is 0 Å². The van der Waals surface area contributed by atoms with E-state index < -0.39 is 17.9 Å². The fourth-order valence-corrected chi connectivity index (χ4v) is 2.51. The summed E-state index contributed by atoms with van der Waals surface area (Å²) in [5.41, 5.74) is 6.21. The molecule has 2 aromatic carbocycles. The number of halogens is 1. The Balaban J connectivity index is 1.83. The van der Waals surface area contributed by atoms with Crippen molar-refractivity contribution in [2.24, 2.45) is 0 Å². The molecular formula is C18H19FN2O3S. The van der Waals surface area contributed by atoms with E-state index in [-0.39, 0.29) is 5.82 Å². The van der Waals surface area contributed by atoms with Gasteiger partial charge < -0.3 is 4.74 Å². The predicted octanol–water partition coefficient (Wildman–Crippen LogP) is 2.92. The molecule has 0 radical (unpaired) electrons. The first-order valence-corrected chi connectivity index (χ1v) is 8.99. The van der Waals surface area contributed by atoms with Gasteiger partial charge in [0.15, 0.2) is 6.10 Å². The molecule has 25 heavy (non-hydrogen) atoms. The minimum atomic E-state index is -0.852. The zero-order valence-electron chi connectivity index (χ0n) is 13.9. The number of rotatable bonds is 6. The molecule has 0 aliphatic heterocycles. The van der Waals surface area contributed by atoms with Crippen molar-refractivity contribution in [2.75, 3.05) is 6.26 Å². The van der Waals surface area contributed by atoms with Gasteiger partial charge in [0.2, 0.25) is 0 Å². The Bertz CT molecular complexity index is 720. The summed E-state index contributed by atoms with van der Waals surface area (Å²) in [6, 6.07) is 12.5. The van der Waals surface area contributed by atoms with Crippen LogP contribution in [0, 0.1) is 5.82 Å². The van der Waals surface area contributed by atoms with Gasteiger partial charge in [-0.1, -0.05) is 12.1 Å². The van der Waals surface area contributed by atoms with Crippen molar-refractivity contribution in [2.45, 2.75) is 18.8 Å². The van der Waals surface area contributed by atoms with Crippen molar-refractivity contribution in [3.63, 3.8) is 0 Å². The largest absolute Gasteiger partial charge is 0.481 e. The molecule has 0 aliphatic rings. The van der Waals surface area contributed by atoms with Crippen LogP contribution in [-0.4, -0.2) is 24.2 Å². The average Bonchev–Trinajstić information content (AvgIpc) is 2.62. The van der Waals surface area contributed by atoms with Gasteiger partial charge in [0.1, 0.15) is 11.6 Å². The third-order valence-electron chi connectivity index (χ3n) is 3.32. The van der Waals surface area contributed by atoms with Crippen LogP contribution in [0.3, 0.4) is 0 Å². The molecule has 2 N–H and O–H groups in total. The van der Waals surface area contributed by atoms with Crippen molar-refractivity contribution in [3.8, 4) is 5.75 Å². The number of carbonyl (C=O) groups excluding carboxylic acids is 2. The predicted molar refractivity (Wildman–Crippen MR) is 95.8 cm³/mol. The Labute approximate surface area is 149 Å². The first kappa shape index (κ1) is 18.8. The van der Waals surface area contributed by atoms with Crippen LogP contribution in [0.15, 0.2) is 48.5 Å². The summed E-state index contributed by atoms with van der Waals surface area (Å²) in [5, 5.41) is 0. The summed E-state index contributed by atoms with van der Waals surface area (Å²) in [5.74, 6) is -0.0913. The first-order chi connectivity index (χ1) is 12.0. The highest BCUT2D eigenvalue weighted by atomic mass is 32.2. The second-order valence-corrected chi connectivity index (χ2v) is 6.15. The number of hydrogen-bond acceptors (Lipinski definition) is 4.